The fraction of sp³-hybridized carbons (Fsp3) is 0.692. The number of hydrogen-bond donors (Lipinski definition) is 2. The molecular formula is C13H21N3O2S. The number of esters is 1. The van der Waals surface area contributed by atoms with Gasteiger partial charge in [-0.3, -0.25) is 0 Å². The summed E-state index contributed by atoms with van der Waals surface area (Å²) in [5.74, 6) is 0.621. The normalized spacial score (nSPS) is 23.7. The molecule has 0 amide bonds. The number of anilines is 2. The Bertz CT molecular complexity index is 447. The zero-order valence-corrected chi connectivity index (χ0v) is 12.3. The van der Waals surface area contributed by atoms with Crippen LogP contribution in [0.3, 0.4) is 0 Å². The lowest BCUT2D eigenvalue weighted by atomic mass is 10.0. The van der Waals surface area contributed by atoms with E-state index in [0.717, 1.165) is 23.8 Å². The largest absolute Gasteiger partial charge is 0.465 e. The fourth-order valence-corrected chi connectivity index (χ4v) is 3.30. The minimum Gasteiger partial charge on any atom is -0.465 e. The van der Waals surface area contributed by atoms with Crippen molar-refractivity contribution in [3.63, 3.8) is 0 Å². The van der Waals surface area contributed by atoms with E-state index >= 15 is 0 Å². The molecule has 1 aromatic heterocycles. The molecule has 5 nitrogen and oxygen atoms in total. The first-order valence-corrected chi connectivity index (χ1v) is 7.49. The summed E-state index contributed by atoms with van der Waals surface area (Å²) in [5.41, 5.74) is 6.11. The van der Waals surface area contributed by atoms with Crippen LogP contribution in [0.25, 0.3) is 0 Å². The van der Waals surface area contributed by atoms with Gasteiger partial charge in [-0.1, -0.05) is 19.8 Å². The average molecular weight is 283 g/mol. The van der Waals surface area contributed by atoms with Crippen LogP contribution in [0, 0.1) is 5.92 Å². The Morgan fingerprint density at radius 3 is 2.95 bits per heavy atom. The molecule has 1 heterocycles. The molecule has 1 aliphatic carbocycles. The van der Waals surface area contributed by atoms with Crippen LogP contribution < -0.4 is 11.1 Å². The summed E-state index contributed by atoms with van der Waals surface area (Å²) in [7, 11) is 1.36. The summed E-state index contributed by atoms with van der Waals surface area (Å²) in [6.45, 7) is 2.30. The van der Waals surface area contributed by atoms with Crippen LogP contribution in [0.1, 0.15) is 49.4 Å². The van der Waals surface area contributed by atoms with E-state index in [1.54, 1.807) is 0 Å². The van der Waals surface area contributed by atoms with Gasteiger partial charge in [-0.15, -0.1) is 0 Å². The molecule has 1 aromatic rings. The number of rotatable bonds is 3. The molecule has 0 radical (unpaired) electrons. The molecule has 1 fully saturated rings. The van der Waals surface area contributed by atoms with E-state index in [2.05, 4.69) is 16.6 Å². The standard InChI is InChI=1S/C13H21N3O2S/c1-8-4-3-5-9(7-6-8)15-12-10(13(17)18-2)11(14)16-19-12/h8-9,15H,3-7H2,1-2H3,(H2,14,16). The van der Waals surface area contributed by atoms with Crippen LogP contribution in [0.15, 0.2) is 0 Å². The lowest BCUT2D eigenvalue weighted by Gasteiger charge is -2.16. The van der Waals surface area contributed by atoms with Gasteiger partial charge in [-0.2, -0.15) is 4.37 Å². The van der Waals surface area contributed by atoms with Crippen LogP contribution in [-0.4, -0.2) is 23.5 Å². The van der Waals surface area contributed by atoms with Gasteiger partial charge in [0.05, 0.1) is 7.11 Å². The lowest BCUT2D eigenvalue weighted by molar-refractivity contribution is 0.0603. The maximum atomic E-state index is 11.7. The molecule has 3 N–H and O–H groups in total. The monoisotopic (exact) mass is 283 g/mol. The fourth-order valence-electron chi connectivity index (χ4n) is 2.52. The minimum atomic E-state index is -0.421. The zero-order valence-electron chi connectivity index (χ0n) is 11.4. The number of aromatic nitrogens is 1. The van der Waals surface area contributed by atoms with E-state index in [9.17, 15) is 4.79 Å². The highest BCUT2D eigenvalue weighted by molar-refractivity contribution is 7.11. The number of nitrogens with one attached hydrogen (secondary N) is 1. The smallest absolute Gasteiger partial charge is 0.344 e. The molecule has 19 heavy (non-hydrogen) atoms. The van der Waals surface area contributed by atoms with Crippen molar-refractivity contribution < 1.29 is 9.53 Å². The molecule has 2 atom stereocenters. The van der Waals surface area contributed by atoms with Crippen LogP contribution >= 0.6 is 11.5 Å². The van der Waals surface area contributed by atoms with Crippen molar-refractivity contribution in [2.75, 3.05) is 18.2 Å². The maximum absolute atomic E-state index is 11.7. The summed E-state index contributed by atoms with van der Waals surface area (Å²) in [5, 5.41) is 4.16. The van der Waals surface area contributed by atoms with Crippen molar-refractivity contribution in [2.45, 2.75) is 45.1 Å². The Morgan fingerprint density at radius 2 is 2.21 bits per heavy atom. The zero-order chi connectivity index (χ0) is 13.8. The first-order chi connectivity index (χ1) is 9.11. The third kappa shape index (κ3) is 3.37. The second-order valence-electron chi connectivity index (χ2n) is 5.22. The Hall–Kier alpha value is -1.30. The molecule has 1 saturated carbocycles. The van der Waals surface area contributed by atoms with Crippen LogP contribution in [0.5, 0.6) is 0 Å². The van der Waals surface area contributed by atoms with Crippen molar-refractivity contribution in [1.29, 1.82) is 0 Å². The first-order valence-electron chi connectivity index (χ1n) is 6.71. The van der Waals surface area contributed by atoms with E-state index in [1.165, 1.54) is 37.9 Å². The Morgan fingerprint density at radius 1 is 1.42 bits per heavy atom. The second-order valence-corrected chi connectivity index (χ2v) is 5.99. The van der Waals surface area contributed by atoms with E-state index in [0.29, 0.717) is 11.6 Å². The van der Waals surface area contributed by atoms with Crippen molar-refractivity contribution in [2.24, 2.45) is 5.92 Å². The third-order valence-electron chi connectivity index (χ3n) is 3.70. The van der Waals surface area contributed by atoms with Crippen LogP contribution in [0.4, 0.5) is 10.8 Å². The minimum absolute atomic E-state index is 0.251. The van der Waals surface area contributed by atoms with Crippen LogP contribution in [-0.2, 0) is 4.74 Å². The quantitative estimate of drug-likeness (QED) is 0.659. The number of carbonyl (C=O) groups excluding carboxylic acids is 1. The summed E-state index contributed by atoms with van der Waals surface area (Å²) >= 11 is 1.23. The number of hydrogen-bond acceptors (Lipinski definition) is 6. The molecule has 0 aliphatic heterocycles. The highest BCUT2D eigenvalue weighted by atomic mass is 32.1. The topological polar surface area (TPSA) is 77.2 Å². The maximum Gasteiger partial charge on any atom is 0.344 e. The summed E-state index contributed by atoms with van der Waals surface area (Å²) < 4.78 is 8.80. The van der Waals surface area contributed by atoms with Crippen molar-refractivity contribution in [1.82, 2.24) is 4.37 Å². The summed E-state index contributed by atoms with van der Waals surface area (Å²) in [6, 6.07) is 0.396. The van der Waals surface area contributed by atoms with Crippen molar-refractivity contribution in [3.05, 3.63) is 5.56 Å². The molecular weight excluding hydrogens is 262 g/mol. The highest BCUT2D eigenvalue weighted by Crippen LogP contribution is 2.31. The highest BCUT2D eigenvalue weighted by Gasteiger charge is 2.23. The molecule has 0 bridgehead atoms. The van der Waals surface area contributed by atoms with E-state index in [-0.39, 0.29) is 5.82 Å². The number of methoxy groups -OCH3 is 1. The van der Waals surface area contributed by atoms with Crippen molar-refractivity contribution >= 4 is 28.3 Å². The van der Waals surface area contributed by atoms with E-state index < -0.39 is 5.97 Å². The third-order valence-corrected chi connectivity index (χ3v) is 4.49. The number of ether oxygens (including phenoxy) is 1. The van der Waals surface area contributed by atoms with Gasteiger partial charge in [-0.25, -0.2) is 4.79 Å². The predicted octanol–water partition coefficient (Wildman–Crippen LogP) is 2.89. The second kappa shape index (κ2) is 6.23. The van der Waals surface area contributed by atoms with Gasteiger partial charge in [0.2, 0.25) is 0 Å². The molecule has 0 saturated heterocycles. The van der Waals surface area contributed by atoms with Gasteiger partial charge in [0.25, 0.3) is 0 Å². The predicted molar refractivity (Wildman–Crippen MR) is 77.5 cm³/mol. The van der Waals surface area contributed by atoms with Crippen molar-refractivity contribution in [3.8, 4) is 0 Å². The molecule has 2 unspecified atom stereocenters. The van der Waals surface area contributed by atoms with E-state index in [4.69, 9.17) is 10.5 Å². The number of nitrogen functional groups attached to an aromatic ring is 1. The van der Waals surface area contributed by atoms with Gasteiger partial charge in [0.15, 0.2) is 5.82 Å². The van der Waals surface area contributed by atoms with Gasteiger partial charge in [-0.05, 0) is 36.7 Å². The Balaban J connectivity index is 2.08. The van der Waals surface area contributed by atoms with Gasteiger partial charge in [0.1, 0.15) is 10.6 Å². The Labute approximate surface area is 117 Å². The number of nitrogens with two attached hydrogens (primary N) is 1. The lowest BCUT2D eigenvalue weighted by Crippen LogP contribution is -2.19. The SMILES string of the molecule is COC(=O)c1c(N)nsc1NC1CCCC(C)CC1. The summed E-state index contributed by atoms with van der Waals surface area (Å²) in [6.07, 6.45) is 5.98. The summed E-state index contributed by atoms with van der Waals surface area (Å²) in [4.78, 5) is 11.7. The Kier molecular flexibility index (Phi) is 4.63. The molecule has 0 aromatic carbocycles. The van der Waals surface area contributed by atoms with E-state index in [1.807, 2.05) is 0 Å². The molecule has 2 rings (SSSR count). The average Bonchev–Trinajstić information content (AvgIpc) is 2.62. The van der Waals surface area contributed by atoms with Gasteiger partial charge >= 0.3 is 5.97 Å². The molecule has 0 spiro atoms. The number of carbonyl (C=O) groups is 1. The number of nitrogens with zero attached hydrogens (tertiary/aromatic N) is 1. The van der Waals surface area contributed by atoms with Gasteiger partial charge < -0.3 is 15.8 Å². The van der Waals surface area contributed by atoms with Gasteiger partial charge in [0, 0.05) is 6.04 Å². The molecule has 6 heteroatoms. The van der Waals surface area contributed by atoms with Crippen LogP contribution in [0.2, 0.25) is 0 Å². The first kappa shape index (κ1) is 14.1. The molecule has 106 valence electrons. The molecule has 1 aliphatic rings.